The molecule has 21 heavy (non-hydrogen) atoms. The molecule has 1 saturated carbocycles. The van der Waals surface area contributed by atoms with E-state index >= 15 is 0 Å². The van der Waals surface area contributed by atoms with Crippen LogP contribution >= 0.6 is 0 Å². The Hall–Kier alpha value is -1.26. The van der Waals surface area contributed by atoms with Gasteiger partial charge in [-0.1, -0.05) is 19.8 Å². The second kappa shape index (κ2) is 6.24. The molecule has 0 aromatic rings. The molecule has 5 nitrogen and oxygen atoms in total. The molecular formula is C16H28N2O3. The molecule has 1 aliphatic carbocycles. The summed E-state index contributed by atoms with van der Waals surface area (Å²) in [7, 11) is 0. The van der Waals surface area contributed by atoms with E-state index in [4.69, 9.17) is 4.74 Å². The first-order chi connectivity index (χ1) is 9.78. The van der Waals surface area contributed by atoms with Crippen molar-refractivity contribution in [3.05, 3.63) is 0 Å². The highest BCUT2D eigenvalue weighted by Crippen LogP contribution is 2.30. The van der Waals surface area contributed by atoms with E-state index in [0.717, 1.165) is 32.1 Å². The molecule has 0 aromatic heterocycles. The van der Waals surface area contributed by atoms with Crippen LogP contribution in [0.25, 0.3) is 0 Å². The molecule has 1 aliphatic heterocycles. The fourth-order valence-corrected chi connectivity index (χ4v) is 2.72. The molecule has 2 fully saturated rings. The Labute approximate surface area is 127 Å². The molecule has 5 heteroatoms. The summed E-state index contributed by atoms with van der Waals surface area (Å²) in [5, 5.41) is 3.06. The third-order valence-electron chi connectivity index (χ3n) is 4.12. The van der Waals surface area contributed by atoms with Crippen molar-refractivity contribution in [2.75, 3.05) is 6.54 Å². The summed E-state index contributed by atoms with van der Waals surface area (Å²) in [5.74, 6) is 0.548. The van der Waals surface area contributed by atoms with Gasteiger partial charge in [-0.2, -0.15) is 0 Å². The van der Waals surface area contributed by atoms with Crippen LogP contribution in [0.3, 0.4) is 0 Å². The number of ether oxygens (including phenoxy) is 1. The normalized spacial score (nSPS) is 29.5. The monoisotopic (exact) mass is 296 g/mol. The van der Waals surface area contributed by atoms with Crippen LogP contribution in [0.4, 0.5) is 4.79 Å². The first kappa shape index (κ1) is 16.1. The number of carbonyl (C=O) groups excluding carboxylic acids is 2. The molecule has 1 N–H and O–H groups in total. The maximum Gasteiger partial charge on any atom is 0.410 e. The average Bonchev–Trinajstić information content (AvgIpc) is 3.08. The van der Waals surface area contributed by atoms with Crippen molar-refractivity contribution in [2.24, 2.45) is 5.92 Å². The van der Waals surface area contributed by atoms with Crippen molar-refractivity contribution in [1.82, 2.24) is 10.2 Å². The van der Waals surface area contributed by atoms with E-state index in [9.17, 15) is 9.59 Å². The molecule has 1 saturated heterocycles. The molecule has 0 aromatic carbocycles. The lowest BCUT2D eigenvalue weighted by atomic mass is 10.1. The summed E-state index contributed by atoms with van der Waals surface area (Å²) < 4.78 is 5.46. The van der Waals surface area contributed by atoms with Gasteiger partial charge in [-0.25, -0.2) is 4.79 Å². The molecule has 3 atom stereocenters. The highest BCUT2D eigenvalue weighted by Gasteiger charge is 2.39. The number of nitrogens with one attached hydrogen (secondary N) is 1. The van der Waals surface area contributed by atoms with Crippen LogP contribution in [-0.2, 0) is 9.53 Å². The Kier molecular flexibility index (Phi) is 4.79. The van der Waals surface area contributed by atoms with E-state index < -0.39 is 5.60 Å². The lowest BCUT2D eigenvalue weighted by Crippen LogP contribution is -2.51. The first-order valence-corrected chi connectivity index (χ1v) is 8.08. The van der Waals surface area contributed by atoms with E-state index in [1.54, 1.807) is 4.90 Å². The van der Waals surface area contributed by atoms with Gasteiger partial charge in [-0.05, 0) is 46.0 Å². The van der Waals surface area contributed by atoms with Crippen LogP contribution in [0.5, 0.6) is 0 Å². The van der Waals surface area contributed by atoms with E-state index in [1.165, 1.54) is 0 Å². The van der Waals surface area contributed by atoms with Crippen molar-refractivity contribution < 1.29 is 14.3 Å². The SMILES string of the molecule is C[C@@H]1C[C@H]1NC(=O)[C@@H]1CCCCCN1C(=O)OC(C)(C)C. The van der Waals surface area contributed by atoms with Gasteiger partial charge >= 0.3 is 6.09 Å². The highest BCUT2D eigenvalue weighted by atomic mass is 16.6. The second-order valence-corrected chi connectivity index (χ2v) is 7.37. The predicted octanol–water partition coefficient (Wildman–Crippen LogP) is 2.69. The molecule has 2 amide bonds. The van der Waals surface area contributed by atoms with Gasteiger partial charge in [0, 0.05) is 12.6 Å². The molecule has 2 aliphatic rings. The molecule has 0 unspecified atom stereocenters. The number of amides is 2. The zero-order valence-corrected chi connectivity index (χ0v) is 13.6. The molecule has 120 valence electrons. The van der Waals surface area contributed by atoms with Crippen molar-refractivity contribution in [1.29, 1.82) is 0 Å². The van der Waals surface area contributed by atoms with Crippen molar-refractivity contribution in [3.63, 3.8) is 0 Å². The average molecular weight is 296 g/mol. The zero-order chi connectivity index (χ0) is 15.6. The Morgan fingerprint density at radius 2 is 1.86 bits per heavy atom. The van der Waals surface area contributed by atoms with Gasteiger partial charge in [-0.3, -0.25) is 9.69 Å². The molecule has 0 radical (unpaired) electrons. The summed E-state index contributed by atoms with van der Waals surface area (Å²) in [6, 6.07) is -0.0867. The first-order valence-electron chi connectivity index (χ1n) is 8.08. The fraction of sp³-hybridized carbons (Fsp3) is 0.875. The van der Waals surface area contributed by atoms with Crippen LogP contribution in [0.1, 0.15) is 59.8 Å². The summed E-state index contributed by atoms with van der Waals surface area (Å²) in [4.78, 5) is 26.5. The van der Waals surface area contributed by atoms with Crippen LogP contribution < -0.4 is 5.32 Å². The van der Waals surface area contributed by atoms with Gasteiger partial charge in [0.2, 0.25) is 5.91 Å². The lowest BCUT2D eigenvalue weighted by molar-refractivity contribution is -0.126. The molecule has 2 rings (SSSR count). The molecule has 1 heterocycles. The minimum Gasteiger partial charge on any atom is -0.444 e. The third-order valence-corrected chi connectivity index (χ3v) is 4.12. The molecule has 0 bridgehead atoms. The standard InChI is InChI=1S/C16H28N2O3/c1-11-10-12(11)17-14(19)13-8-6-5-7-9-18(13)15(20)21-16(2,3)4/h11-13H,5-10H2,1-4H3,(H,17,19)/t11-,12-,13+/m1/s1. The number of rotatable bonds is 2. The summed E-state index contributed by atoms with van der Waals surface area (Å²) >= 11 is 0. The lowest BCUT2D eigenvalue weighted by Gasteiger charge is -2.31. The van der Waals surface area contributed by atoms with Crippen molar-refractivity contribution in [3.8, 4) is 0 Å². The number of carbonyl (C=O) groups is 2. The van der Waals surface area contributed by atoms with Gasteiger partial charge in [0.25, 0.3) is 0 Å². The fourth-order valence-electron chi connectivity index (χ4n) is 2.72. The van der Waals surface area contributed by atoms with Gasteiger partial charge < -0.3 is 10.1 Å². The quantitative estimate of drug-likeness (QED) is 0.852. The Morgan fingerprint density at radius 3 is 2.43 bits per heavy atom. The Balaban J connectivity index is 2.02. The van der Waals surface area contributed by atoms with E-state index in [-0.39, 0.29) is 18.0 Å². The largest absolute Gasteiger partial charge is 0.444 e. The number of nitrogens with zero attached hydrogens (tertiary/aromatic N) is 1. The minimum atomic E-state index is -0.532. The van der Waals surface area contributed by atoms with Gasteiger partial charge in [0.05, 0.1) is 0 Å². The van der Waals surface area contributed by atoms with Crippen LogP contribution in [-0.4, -0.2) is 41.1 Å². The summed E-state index contributed by atoms with van der Waals surface area (Å²) in [6.45, 7) is 8.29. The Morgan fingerprint density at radius 1 is 1.19 bits per heavy atom. The maximum atomic E-state index is 12.5. The minimum absolute atomic E-state index is 0.0166. The molecular weight excluding hydrogens is 268 g/mol. The number of hydrogen-bond donors (Lipinski definition) is 1. The topological polar surface area (TPSA) is 58.6 Å². The number of likely N-dealkylation sites (tertiary alicyclic amines) is 1. The van der Waals surface area contributed by atoms with Crippen molar-refractivity contribution in [2.45, 2.75) is 77.5 Å². The highest BCUT2D eigenvalue weighted by molar-refractivity contribution is 5.86. The van der Waals surface area contributed by atoms with Gasteiger partial charge in [0.15, 0.2) is 0 Å². The second-order valence-electron chi connectivity index (χ2n) is 7.37. The van der Waals surface area contributed by atoms with Gasteiger partial charge in [0.1, 0.15) is 11.6 Å². The predicted molar refractivity (Wildman–Crippen MR) is 80.9 cm³/mol. The molecule has 0 spiro atoms. The zero-order valence-electron chi connectivity index (χ0n) is 13.6. The number of hydrogen-bond acceptors (Lipinski definition) is 3. The summed E-state index contributed by atoms with van der Waals surface area (Å²) in [6.07, 6.45) is 4.38. The van der Waals surface area contributed by atoms with Crippen molar-refractivity contribution >= 4 is 12.0 Å². The van der Waals surface area contributed by atoms with E-state index in [2.05, 4.69) is 12.2 Å². The van der Waals surface area contributed by atoms with Crippen LogP contribution in [0.2, 0.25) is 0 Å². The van der Waals surface area contributed by atoms with E-state index in [1.807, 2.05) is 20.8 Å². The van der Waals surface area contributed by atoms with Crippen LogP contribution in [0.15, 0.2) is 0 Å². The third kappa shape index (κ3) is 4.61. The smallest absolute Gasteiger partial charge is 0.410 e. The Bertz CT molecular complexity index is 403. The van der Waals surface area contributed by atoms with Gasteiger partial charge in [-0.15, -0.1) is 0 Å². The maximum absolute atomic E-state index is 12.5. The van der Waals surface area contributed by atoms with Crippen LogP contribution in [0, 0.1) is 5.92 Å². The summed E-state index contributed by atoms with van der Waals surface area (Å²) in [5.41, 5.74) is -0.532. The van der Waals surface area contributed by atoms with E-state index in [0.29, 0.717) is 18.5 Å².